The average molecular weight is 248 g/mol. The van der Waals surface area contributed by atoms with Crippen LogP contribution < -0.4 is 9.47 Å². The molecule has 1 aromatic carbocycles. The number of aryl methyl sites for hydroxylation is 1. The Kier molecular flexibility index (Phi) is 2.94. The molecule has 3 nitrogen and oxygen atoms in total. The Morgan fingerprint density at radius 1 is 1.11 bits per heavy atom. The van der Waals surface area contributed by atoms with Crippen molar-refractivity contribution in [2.45, 2.75) is 44.6 Å². The lowest BCUT2D eigenvalue weighted by atomic mass is 9.98. The van der Waals surface area contributed by atoms with E-state index in [2.05, 4.69) is 19.1 Å². The Balaban J connectivity index is 1.94. The molecule has 0 aromatic heterocycles. The van der Waals surface area contributed by atoms with Crippen molar-refractivity contribution in [3.05, 3.63) is 23.3 Å². The van der Waals surface area contributed by atoms with Crippen LogP contribution in [0.2, 0.25) is 0 Å². The Bertz CT molecular complexity index is 449. The first kappa shape index (κ1) is 11.8. The van der Waals surface area contributed by atoms with Crippen molar-refractivity contribution in [1.29, 1.82) is 0 Å². The SMILES string of the molecule is CCc1cc2c(cc1CC1(O)CC1)OCCCO2. The zero-order valence-electron chi connectivity index (χ0n) is 10.9. The lowest BCUT2D eigenvalue weighted by molar-refractivity contribution is 0.150. The second-order valence-corrected chi connectivity index (χ2v) is 5.37. The van der Waals surface area contributed by atoms with Gasteiger partial charge < -0.3 is 14.6 Å². The molecule has 1 aromatic rings. The first-order valence-electron chi connectivity index (χ1n) is 6.84. The first-order chi connectivity index (χ1) is 8.70. The predicted molar refractivity (Wildman–Crippen MR) is 69.3 cm³/mol. The fraction of sp³-hybridized carbons (Fsp3) is 0.600. The van der Waals surface area contributed by atoms with Gasteiger partial charge in [0, 0.05) is 12.8 Å². The van der Waals surface area contributed by atoms with E-state index in [0.29, 0.717) is 6.61 Å². The highest BCUT2D eigenvalue weighted by Crippen LogP contribution is 2.41. The minimum atomic E-state index is -0.455. The molecule has 2 aliphatic rings. The summed E-state index contributed by atoms with van der Waals surface area (Å²) in [6.45, 7) is 3.57. The van der Waals surface area contributed by atoms with Crippen molar-refractivity contribution in [3.8, 4) is 11.5 Å². The molecule has 0 saturated heterocycles. The van der Waals surface area contributed by atoms with Gasteiger partial charge in [0.05, 0.1) is 18.8 Å². The standard InChI is InChI=1S/C15H20O3/c1-2-11-8-13-14(18-7-3-6-17-13)9-12(11)10-15(16)4-5-15/h8-9,16H,2-7,10H2,1H3. The molecule has 18 heavy (non-hydrogen) atoms. The third kappa shape index (κ3) is 2.32. The van der Waals surface area contributed by atoms with Gasteiger partial charge in [-0.05, 0) is 42.5 Å². The molecule has 1 aliphatic heterocycles. The Hall–Kier alpha value is -1.22. The van der Waals surface area contributed by atoms with Crippen molar-refractivity contribution in [2.24, 2.45) is 0 Å². The maximum Gasteiger partial charge on any atom is 0.161 e. The van der Waals surface area contributed by atoms with Crippen molar-refractivity contribution < 1.29 is 14.6 Å². The molecule has 1 heterocycles. The van der Waals surface area contributed by atoms with Gasteiger partial charge >= 0.3 is 0 Å². The molecule has 0 atom stereocenters. The van der Waals surface area contributed by atoms with Crippen molar-refractivity contribution in [1.82, 2.24) is 0 Å². The van der Waals surface area contributed by atoms with Crippen LogP contribution in [0.5, 0.6) is 11.5 Å². The van der Waals surface area contributed by atoms with Crippen molar-refractivity contribution in [3.63, 3.8) is 0 Å². The molecule has 0 radical (unpaired) electrons. The zero-order valence-corrected chi connectivity index (χ0v) is 10.9. The highest BCUT2D eigenvalue weighted by molar-refractivity contribution is 5.48. The Labute approximate surface area is 108 Å². The van der Waals surface area contributed by atoms with E-state index in [1.807, 2.05) is 0 Å². The molecule has 98 valence electrons. The molecular weight excluding hydrogens is 228 g/mol. The fourth-order valence-corrected chi connectivity index (χ4v) is 2.46. The summed E-state index contributed by atoms with van der Waals surface area (Å²) in [5.74, 6) is 1.69. The molecule has 1 fully saturated rings. The molecular formula is C15H20O3. The van der Waals surface area contributed by atoms with Crippen LogP contribution in [-0.2, 0) is 12.8 Å². The molecule has 0 amide bonds. The van der Waals surface area contributed by atoms with Gasteiger partial charge in [-0.2, -0.15) is 0 Å². The predicted octanol–water partition coefficient (Wildman–Crippen LogP) is 2.48. The number of hydrogen-bond donors (Lipinski definition) is 1. The molecule has 1 N–H and O–H groups in total. The van der Waals surface area contributed by atoms with Gasteiger partial charge in [0.2, 0.25) is 0 Å². The van der Waals surface area contributed by atoms with E-state index in [0.717, 1.165) is 50.2 Å². The Morgan fingerprint density at radius 3 is 2.28 bits per heavy atom. The minimum Gasteiger partial charge on any atom is -0.490 e. The number of aliphatic hydroxyl groups is 1. The lowest BCUT2D eigenvalue weighted by Crippen LogP contribution is -2.12. The molecule has 1 saturated carbocycles. The number of fused-ring (bicyclic) bond motifs is 1. The third-order valence-corrected chi connectivity index (χ3v) is 3.80. The Morgan fingerprint density at radius 2 is 1.72 bits per heavy atom. The summed E-state index contributed by atoms with van der Waals surface area (Å²) in [5, 5.41) is 10.1. The van der Waals surface area contributed by atoms with Gasteiger partial charge in [0.1, 0.15) is 0 Å². The van der Waals surface area contributed by atoms with Crippen LogP contribution in [0, 0.1) is 0 Å². The summed E-state index contributed by atoms with van der Waals surface area (Å²) in [6, 6.07) is 4.15. The topological polar surface area (TPSA) is 38.7 Å². The van der Waals surface area contributed by atoms with Crippen LogP contribution in [0.3, 0.4) is 0 Å². The first-order valence-corrected chi connectivity index (χ1v) is 6.84. The summed E-state index contributed by atoms with van der Waals surface area (Å²) in [7, 11) is 0. The third-order valence-electron chi connectivity index (χ3n) is 3.80. The van der Waals surface area contributed by atoms with E-state index in [-0.39, 0.29) is 0 Å². The van der Waals surface area contributed by atoms with Crippen molar-refractivity contribution in [2.75, 3.05) is 13.2 Å². The summed E-state index contributed by atoms with van der Waals surface area (Å²) in [6.07, 6.45) is 4.47. The quantitative estimate of drug-likeness (QED) is 0.893. The van der Waals surface area contributed by atoms with E-state index in [1.165, 1.54) is 11.1 Å². The highest BCUT2D eigenvalue weighted by Gasteiger charge is 2.40. The summed E-state index contributed by atoms with van der Waals surface area (Å²) in [4.78, 5) is 0. The van der Waals surface area contributed by atoms with Gasteiger partial charge in [-0.1, -0.05) is 6.92 Å². The molecule has 0 bridgehead atoms. The van der Waals surface area contributed by atoms with Gasteiger partial charge in [-0.3, -0.25) is 0 Å². The van der Waals surface area contributed by atoms with E-state index in [9.17, 15) is 5.11 Å². The van der Waals surface area contributed by atoms with Crippen molar-refractivity contribution >= 4 is 0 Å². The maximum atomic E-state index is 10.1. The van der Waals surface area contributed by atoms with Crippen LogP contribution in [-0.4, -0.2) is 23.9 Å². The highest BCUT2D eigenvalue weighted by atomic mass is 16.5. The summed E-state index contributed by atoms with van der Waals surface area (Å²) >= 11 is 0. The van der Waals surface area contributed by atoms with E-state index in [1.54, 1.807) is 0 Å². The van der Waals surface area contributed by atoms with E-state index < -0.39 is 5.60 Å². The number of rotatable bonds is 3. The minimum absolute atomic E-state index is 0.455. The largest absolute Gasteiger partial charge is 0.490 e. The molecule has 3 rings (SSSR count). The second kappa shape index (κ2) is 4.47. The van der Waals surface area contributed by atoms with Gasteiger partial charge in [-0.25, -0.2) is 0 Å². The van der Waals surface area contributed by atoms with Crippen LogP contribution in [0.15, 0.2) is 12.1 Å². The van der Waals surface area contributed by atoms with Crippen LogP contribution in [0.1, 0.15) is 37.3 Å². The van der Waals surface area contributed by atoms with Gasteiger partial charge in [0.15, 0.2) is 11.5 Å². The fourth-order valence-electron chi connectivity index (χ4n) is 2.46. The monoisotopic (exact) mass is 248 g/mol. The second-order valence-electron chi connectivity index (χ2n) is 5.37. The average Bonchev–Trinajstić information content (AvgIpc) is 3.11. The summed E-state index contributed by atoms with van der Waals surface area (Å²) in [5.41, 5.74) is 2.02. The van der Waals surface area contributed by atoms with E-state index in [4.69, 9.17) is 9.47 Å². The van der Waals surface area contributed by atoms with E-state index >= 15 is 0 Å². The molecule has 0 unspecified atom stereocenters. The maximum absolute atomic E-state index is 10.1. The zero-order chi connectivity index (χ0) is 12.6. The molecule has 3 heteroatoms. The number of ether oxygens (including phenoxy) is 2. The number of hydrogen-bond acceptors (Lipinski definition) is 3. The van der Waals surface area contributed by atoms with Crippen LogP contribution in [0.25, 0.3) is 0 Å². The van der Waals surface area contributed by atoms with Gasteiger partial charge in [0.25, 0.3) is 0 Å². The summed E-state index contributed by atoms with van der Waals surface area (Å²) < 4.78 is 11.4. The lowest BCUT2D eigenvalue weighted by Gasteiger charge is -2.16. The number of benzene rings is 1. The normalized spacial score (nSPS) is 20.3. The molecule has 0 spiro atoms. The van der Waals surface area contributed by atoms with Crippen LogP contribution >= 0.6 is 0 Å². The smallest absolute Gasteiger partial charge is 0.161 e. The van der Waals surface area contributed by atoms with Gasteiger partial charge in [-0.15, -0.1) is 0 Å². The van der Waals surface area contributed by atoms with Crippen LogP contribution in [0.4, 0.5) is 0 Å². The molecule has 1 aliphatic carbocycles.